The Morgan fingerprint density at radius 3 is 2.91 bits per heavy atom. The van der Waals surface area contributed by atoms with E-state index in [1.807, 2.05) is 0 Å². The highest BCUT2D eigenvalue weighted by Crippen LogP contribution is 2.13. The monoisotopic (exact) mass is 161 g/mol. The van der Waals surface area contributed by atoms with Crippen molar-refractivity contribution in [2.75, 3.05) is 19.7 Å². The van der Waals surface area contributed by atoms with Crippen molar-refractivity contribution in [3.05, 3.63) is 0 Å². The minimum atomic E-state index is -1.07. The molecule has 1 rings (SSSR count). The largest absolute Gasteiger partial charge is 0.466 e. The molecule has 0 aromatic heterocycles. The van der Waals surface area contributed by atoms with Crippen LogP contribution in [0.1, 0.15) is 6.92 Å². The minimum Gasteiger partial charge on any atom is -0.466 e. The molecule has 0 bridgehead atoms. The number of esters is 1. The van der Waals surface area contributed by atoms with Crippen LogP contribution in [0.15, 0.2) is 0 Å². The fraction of sp³-hybridized carbons (Fsp3) is 0.857. The van der Waals surface area contributed by atoms with Gasteiger partial charge in [0, 0.05) is 13.1 Å². The van der Waals surface area contributed by atoms with Gasteiger partial charge in [-0.15, -0.1) is 0 Å². The van der Waals surface area contributed by atoms with Crippen LogP contribution in [-0.2, 0) is 9.53 Å². The Labute approximate surface area is 64.9 Å². The van der Waals surface area contributed by atoms with E-state index in [1.54, 1.807) is 6.92 Å². The molecule has 2 atom stereocenters. The van der Waals surface area contributed by atoms with Crippen molar-refractivity contribution in [3.63, 3.8) is 0 Å². The molecule has 0 saturated carbocycles. The summed E-state index contributed by atoms with van der Waals surface area (Å²) in [5.41, 5.74) is 0. The Morgan fingerprint density at radius 2 is 2.45 bits per heavy atom. The summed E-state index contributed by atoms with van der Waals surface area (Å²) in [5, 5.41) is 2.79. The van der Waals surface area contributed by atoms with Gasteiger partial charge in [0.25, 0.3) is 0 Å². The molecule has 2 unspecified atom stereocenters. The number of rotatable bonds is 2. The molecule has 4 heteroatoms. The topological polar surface area (TPSA) is 38.3 Å². The van der Waals surface area contributed by atoms with Crippen molar-refractivity contribution < 1.29 is 13.9 Å². The zero-order chi connectivity index (χ0) is 8.27. The highest BCUT2D eigenvalue weighted by Gasteiger charge is 2.33. The van der Waals surface area contributed by atoms with Crippen molar-refractivity contribution in [1.82, 2.24) is 5.32 Å². The molecule has 1 heterocycles. The second-order valence-corrected chi connectivity index (χ2v) is 2.53. The summed E-state index contributed by atoms with van der Waals surface area (Å²) < 4.78 is 17.5. The van der Waals surface area contributed by atoms with E-state index in [4.69, 9.17) is 0 Å². The average molecular weight is 161 g/mol. The zero-order valence-corrected chi connectivity index (χ0v) is 6.47. The first kappa shape index (κ1) is 8.46. The maximum absolute atomic E-state index is 12.8. The predicted molar refractivity (Wildman–Crippen MR) is 37.9 cm³/mol. The van der Waals surface area contributed by atoms with E-state index < -0.39 is 18.1 Å². The summed E-state index contributed by atoms with van der Waals surface area (Å²) in [6.45, 7) is 2.71. The van der Waals surface area contributed by atoms with Gasteiger partial charge in [-0.1, -0.05) is 0 Å². The van der Waals surface area contributed by atoms with Crippen molar-refractivity contribution in [2.45, 2.75) is 13.1 Å². The molecule has 64 valence electrons. The fourth-order valence-electron chi connectivity index (χ4n) is 1.13. The molecular formula is C7H12FNO2. The summed E-state index contributed by atoms with van der Waals surface area (Å²) in [4.78, 5) is 11.0. The molecule has 1 N–H and O–H groups in total. The predicted octanol–water partition coefficient (Wildman–Crippen LogP) is 0.107. The normalized spacial score (nSPS) is 30.4. The molecule has 0 spiro atoms. The Hall–Kier alpha value is -0.640. The van der Waals surface area contributed by atoms with Gasteiger partial charge in [-0.05, 0) is 6.92 Å². The Bertz CT molecular complexity index is 151. The van der Waals surface area contributed by atoms with Gasteiger partial charge in [0.1, 0.15) is 12.1 Å². The maximum atomic E-state index is 12.8. The van der Waals surface area contributed by atoms with Gasteiger partial charge < -0.3 is 10.1 Å². The molecule has 3 nitrogen and oxygen atoms in total. The van der Waals surface area contributed by atoms with Crippen LogP contribution in [0, 0.1) is 5.92 Å². The lowest BCUT2D eigenvalue weighted by molar-refractivity contribution is -0.148. The standard InChI is InChI=1S/C7H12FNO2/c1-2-11-7(10)5-3-9-4-6(5)8/h5-6,9H,2-4H2,1H3. The van der Waals surface area contributed by atoms with E-state index in [0.717, 1.165) is 0 Å². The van der Waals surface area contributed by atoms with Gasteiger partial charge in [0.05, 0.1) is 6.61 Å². The summed E-state index contributed by atoms with van der Waals surface area (Å²) >= 11 is 0. The highest BCUT2D eigenvalue weighted by molar-refractivity contribution is 5.73. The van der Waals surface area contributed by atoms with Crippen molar-refractivity contribution >= 4 is 5.97 Å². The van der Waals surface area contributed by atoms with E-state index in [9.17, 15) is 9.18 Å². The number of carbonyl (C=O) groups is 1. The first-order valence-electron chi connectivity index (χ1n) is 3.77. The number of hydrogen-bond acceptors (Lipinski definition) is 3. The molecule has 1 saturated heterocycles. The van der Waals surface area contributed by atoms with Gasteiger partial charge in [-0.3, -0.25) is 4.79 Å². The summed E-state index contributed by atoms with van der Waals surface area (Å²) in [6.07, 6.45) is -1.07. The second kappa shape index (κ2) is 3.67. The third kappa shape index (κ3) is 1.89. The number of ether oxygens (including phenoxy) is 1. The first-order valence-corrected chi connectivity index (χ1v) is 3.77. The smallest absolute Gasteiger partial charge is 0.313 e. The van der Waals surface area contributed by atoms with Crippen LogP contribution >= 0.6 is 0 Å². The van der Waals surface area contributed by atoms with Gasteiger partial charge >= 0.3 is 5.97 Å². The number of carbonyl (C=O) groups excluding carboxylic acids is 1. The number of hydrogen-bond donors (Lipinski definition) is 1. The summed E-state index contributed by atoms with van der Waals surface area (Å²) in [7, 11) is 0. The van der Waals surface area contributed by atoms with Crippen molar-refractivity contribution in [1.29, 1.82) is 0 Å². The van der Waals surface area contributed by atoms with Crippen LogP contribution in [0.3, 0.4) is 0 Å². The number of alkyl halides is 1. The molecule has 0 radical (unpaired) electrons. The second-order valence-electron chi connectivity index (χ2n) is 2.53. The Morgan fingerprint density at radius 1 is 1.73 bits per heavy atom. The van der Waals surface area contributed by atoms with Gasteiger partial charge in [0.15, 0.2) is 0 Å². The molecule has 0 aromatic carbocycles. The van der Waals surface area contributed by atoms with Crippen LogP contribution in [-0.4, -0.2) is 31.8 Å². The van der Waals surface area contributed by atoms with Gasteiger partial charge in [-0.25, -0.2) is 4.39 Å². The van der Waals surface area contributed by atoms with Crippen LogP contribution < -0.4 is 5.32 Å². The molecule has 0 aromatic rings. The quantitative estimate of drug-likeness (QED) is 0.584. The van der Waals surface area contributed by atoms with Crippen molar-refractivity contribution in [3.8, 4) is 0 Å². The molecule has 0 amide bonds. The lowest BCUT2D eigenvalue weighted by Gasteiger charge is -2.09. The zero-order valence-electron chi connectivity index (χ0n) is 6.47. The van der Waals surface area contributed by atoms with Crippen LogP contribution in [0.2, 0.25) is 0 Å². The van der Waals surface area contributed by atoms with Gasteiger partial charge in [0.2, 0.25) is 0 Å². The maximum Gasteiger partial charge on any atom is 0.313 e. The summed E-state index contributed by atoms with van der Waals surface area (Å²) in [6, 6.07) is 0. The third-order valence-corrected chi connectivity index (χ3v) is 1.73. The highest BCUT2D eigenvalue weighted by atomic mass is 19.1. The Balaban J connectivity index is 2.39. The molecule has 1 fully saturated rings. The summed E-state index contributed by atoms with van der Waals surface area (Å²) in [5.74, 6) is -1.01. The molecule has 1 aliphatic rings. The van der Waals surface area contributed by atoms with Crippen LogP contribution in [0.5, 0.6) is 0 Å². The van der Waals surface area contributed by atoms with E-state index in [1.165, 1.54) is 0 Å². The lowest BCUT2D eigenvalue weighted by atomic mass is 10.1. The fourth-order valence-corrected chi connectivity index (χ4v) is 1.13. The first-order chi connectivity index (χ1) is 5.25. The van der Waals surface area contributed by atoms with Gasteiger partial charge in [-0.2, -0.15) is 0 Å². The minimum absolute atomic E-state index is 0.267. The van der Waals surface area contributed by atoms with E-state index in [0.29, 0.717) is 13.2 Å². The molecule has 1 aliphatic heterocycles. The van der Waals surface area contributed by atoms with Crippen LogP contribution in [0.25, 0.3) is 0 Å². The van der Waals surface area contributed by atoms with Crippen molar-refractivity contribution in [2.24, 2.45) is 5.92 Å². The van der Waals surface area contributed by atoms with Crippen LogP contribution in [0.4, 0.5) is 4.39 Å². The number of halogens is 1. The lowest BCUT2D eigenvalue weighted by Crippen LogP contribution is -2.25. The molecule has 0 aliphatic carbocycles. The SMILES string of the molecule is CCOC(=O)C1CNCC1F. The van der Waals surface area contributed by atoms with E-state index in [2.05, 4.69) is 10.1 Å². The molecule has 11 heavy (non-hydrogen) atoms. The van der Waals surface area contributed by atoms with E-state index >= 15 is 0 Å². The number of nitrogens with one attached hydrogen (secondary N) is 1. The van der Waals surface area contributed by atoms with E-state index in [-0.39, 0.29) is 6.54 Å². The average Bonchev–Trinajstić information content (AvgIpc) is 2.36. The third-order valence-electron chi connectivity index (χ3n) is 1.73. The molecular weight excluding hydrogens is 149 g/mol. The Kier molecular flexibility index (Phi) is 2.82.